The van der Waals surface area contributed by atoms with Gasteiger partial charge in [-0.1, -0.05) is 29.4 Å². The van der Waals surface area contributed by atoms with E-state index < -0.39 is 23.2 Å². The van der Waals surface area contributed by atoms with Crippen molar-refractivity contribution in [3.05, 3.63) is 59.6 Å². The van der Waals surface area contributed by atoms with E-state index in [-0.39, 0.29) is 28.2 Å². The lowest BCUT2D eigenvalue weighted by Crippen LogP contribution is -2.50. The van der Waals surface area contributed by atoms with E-state index in [0.717, 1.165) is 44.7 Å². The number of carbonyl (C=O) groups excluding carboxylic acids is 1. The van der Waals surface area contributed by atoms with Gasteiger partial charge in [0.1, 0.15) is 5.82 Å². The smallest absolute Gasteiger partial charge is 0.391 e. The second-order valence-corrected chi connectivity index (χ2v) is 12.1. The van der Waals surface area contributed by atoms with Gasteiger partial charge in [-0.25, -0.2) is 18.6 Å². The van der Waals surface area contributed by atoms with Gasteiger partial charge < -0.3 is 19.7 Å². The topological polar surface area (TPSA) is 110 Å². The van der Waals surface area contributed by atoms with Crippen molar-refractivity contribution in [2.45, 2.75) is 82.9 Å². The van der Waals surface area contributed by atoms with Crippen LogP contribution < -0.4 is 10.1 Å². The molecule has 208 valence electrons. The number of halogens is 2. The second kappa shape index (κ2) is 9.66. The molecule has 0 saturated heterocycles. The highest BCUT2D eigenvalue weighted by molar-refractivity contribution is 5.71. The van der Waals surface area contributed by atoms with Crippen molar-refractivity contribution in [1.82, 2.24) is 20.4 Å². The van der Waals surface area contributed by atoms with Crippen molar-refractivity contribution >= 4 is 6.09 Å². The van der Waals surface area contributed by atoms with Crippen molar-refractivity contribution in [3.63, 3.8) is 0 Å². The summed E-state index contributed by atoms with van der Waals surface area (Å²) in [6.45, 7) is 6.60. The second-order valence-electron chi connectivity index (χ2n) is 12.1. The molecule has 6 rings (SSSR count). The first-order valence-corrected chi connectivity index (χ1v) is 13.3. The Morgan fingerprint density at radius 3 is 2.31 bits per heavy atom. The van der Waals surface area contributed by atoms with Crippen LogP contribution in [-0.4, -0.2) is 32.9 Å². The minimum Gasteiger partial charge on any atom is -0.391 e. The summed E-state index contributed by atoms with van der Waals surface area (Å²) in [5, 5.41) is 17.1. The third-order valence-corrected chi connectivity index (χ3v) is 8.35. The molecule has 2 aromatic heterocycles. The fourth-order valence-corrected chi connectivity index (χ4v) is 5.69. The SMILES string of the molecule is CC(C)(O)c1ccc(-c2cc(OC(=O)NCC34CCC(c5noc(C(C)(C)F)n5)(CC3)CC4)ncc2F)cc1. The number of amides is 1. The number of hydrogen-bond donors (Lipinski definition) is 2. The molecular formula is C29H34F2N4O4. The molecule has 0 spiro atoms. The van der Waals surface area contributed by atoms with Crippen LogP contribution in [0, 0.1) is 11.2 Å². The molecule has 2 bridgehead atoms. The number of rotatable bonds is 7. The van der Waals surface area contributed by atoms with Crippen molar-refractivity contribution in [1.29, 1.82) is 0 Å². The predicted octanol–water partition coefficient (Wildman–Crippen LogP) is 6.08. The van der Waals surface area contributed by atoms with E-state index >= 15 is 0 Å². The molecule has 2 heterocycles. The van der Waals surface area contributed by atoms with Crippen LogP contribution in [0.15, 0.2) is 41.1 Å². The predicted molar refractivity (Wildman–Crippen MR) is 139 cm³/mol. The maximum Gasteiger partial charge on any atom is 0.413 e. The number of alkyl halides is 1. The number of fused-ring (bicyclic) bond motifs is 3. The Balaban J connectivity index is 1.19. The van der Waals surface area contributed by atoms with E-state index in [1.165, 1.54) is 19.9 Å². The molecule has 2 N–H and O–H groups in total. The first-order chi connectivity index (χ1) is 18.3. The van der Waals surface area contributed by atoms with Gasteiger partial charge in [-0.15, -0.1) is 0 Å². The average Bonchev–Trinajstić information content (AvgIpc) is 3.42. The highest BCUT2D eigenvalue weighted by Gasteiger charge is 2.52. The molecule has 3 aromatic rings. The van der Waals surface area contributed by atoms with Gasteiger partial charge in [0, 0.05) is 23.6 Å². The van der Waals surface area contributed by atoms with Crippen LogP contribution in [0.1, 0.15) is 83.5 Å². The van der Waals surface area contributed by atoms with Crippen molar-refractivity contribution in [2.75, 3.05) is 6.54 Å². The molecule has 0 aliphatic heterocycles. The van der Waals surface area contributed by atoms with Gasteiger partial charge in [0.25, 0.3) is 5.89 Å². The van der Waals surface area contributed by atoms with Crippen LogP contribution in [0.5, 0.6) is 5.88 Å². The maximum atomic E-state index is 14.5. The first kappa shape index (κ1) is 27.2. The standard InChI is InChI=1S/C29H34F2N4O4/c1-26(2,31)24-34-23(35-39-24)29-12-9-28(10-13-29,11-14-29)17-33-25(36)38-22-15-20(21(30)16-32-22)18-5-7-19(8-6-18)27(3,4)37/h5-8,15-16,37H,9-14,17H2,1-4H3,(H,33,36). The van der Waals surface area contributed by atoms with Crippen LogP contribution in [-0.2, 0) is 16.7 Å². The molecule has 3 fully saturated rings. The molecule has 3 saturated carbocycles. The van der Waals surface area contributed by atoms with Crippen LogP contribution in [0.25, 0.3) is 11.1 Å². The number of carbonyl (C=O) groups is 1. The lowest BCUT2D eigenvalue weighted by Gasteiger charge is -2.52. The quantitative estimate of drug-likeness (QED) is 0.373. The maximum absolute atomic E-state index is 14.5. The number of nitrogens with one attached hydrogen (secondary N) is 1. The summed E-state index contributed by atoms with van der Waals surface area (Å²) in [4.78, 5) is 20.9. The van der Waals surface area contributed by atoms with E-state index in [2.05, 4.69) is 20.4 Å². The van der Waals surface area contributed by atoms with Gasteiger partial charge in [-0.05, 0) is 82.8 Å². The normalized spacial score (nSPS) is 23.1. The largest absolute Gasteiger partial charge is 0.413 e. The average molecular weight is 541 g/mol. The Labute approximate surface area is 226 Å². The molecule has 10 heteroatoms. The summed E-state index contributed by atoms with van der Waals surface area (Å²) in [5.41, 5.74) is -1.45. The monoisotopic (exact) mass is 540 g/mol. The number of aliphatic hydroxyl groups is 1. The summed E-state index contributed by atoms with van der Waals surface area (Å²) in [6.07, 6.45) is 5.50. The molecule has 3 aliphatic rings. The molecular weight excluding hydrogens is 506 g/mol. The van der Waals surface area contributed by atoms with Gasteiger partial charge in [0.05, 0.1) is 11.8 Å². The van der Waals surface area contributed by atoms with Crippen LogP contribution in [0.2, 0.25) is 0 Å². The summed E-state index contributed by atoms with van der Waals surface area (Å²) < 4.78 is 39.4. The fraction of sp³-hybridized carbons (Fsp3) is 0.517. The molecule has 0 radical (unpaired) electrons. The highest BCUT2D eigenvalue weighted by atomic mass is 19.1. The minimum atomic E-state index is -1.68. The van der Waals surface area contributed by atoms with Crippen LogP contribution in [0.4, 0.5) is 13.6 Å². The van der Waals surface area contributed by atoms with Crippen molar-refractivity contribution < 1.29 is 27.9 Å². The Bertz CT molecular complexity index is 1330. The number of nitrogens with zero attached hydrogens (tertiary/aromatic N) is 3. The lowest BCUT2D eigenvalue weighted by atomic mass is 9.53. The minimum absolute atomic E-state index is 0.00220. The summed E-state index contributed by atoms with van der Waals surface area (Å²) in [7, 11) is 0. The summed E-state index contributed by atoms with van der Waals surface area (Å²) in [5.74, 6) is 0.0245. The van der Waals surface area contributed by atoms with E-state index in [9.17, 15) is 18.7 Å². The summed E-state index contributed by atoms with van der Waals surface area (Å²) in [6, 6.07) is 8.25. The van der Waals surface area contributed by atoms with E-state index in [1.54, 1.807) is 38.1 Å². The Morgan fingerprint density at radius 2 is 1.74 bits per heavy atom. The molecule has 39 heavy (non-hydrogen) atoms. The third-order valence-electron chi connectivity index (χ3n) is 8.35. The van der Waals surface area contributed by atoms with Crippen LogP contribution in [0.3, 0.4) is 0 Å². The van der Waals surface area contributed by atoms with E-state index in [1.807, 2.05) is 0 Å². The van der Waals surface area contributed by atoms with Crippen molar-refractivity contribution in [2.24, 2.45) is 5.41 Å². The van der Waals surface area contributed by atoms with Gasteiger partial charge in [-0.3, -0.25) is 0 Å². The fourth-order valence-electron chi connectivity index (χ4n) is 5.69. The van der Waals surface area contributed by atoms with Gasteiger partial charge in [0.15, 0.2) is 11.5 Å². The highest BCUT2D eigenvalue weighted by Crippen LogP contribution is 2.57. The van der Waals surface area contributed by atoms with Crippen LogP contribution >= 0.6 is 0 Å². The lowest BCUT2D eigenvalue weighted by molar-refractivity contribution is 0.0350. The van der Waals surface area contributed by atoms with E-state index in [4.69, 9.17) is 9.26 Å². The molecule has 1 amide bonds. The molecule has 8 nitrogen and oxygen atoms in total. The zero-order valence-electron chi connectivity index (χ0n) is 22.7. The first-order valence-electron chi connectivity index (χ1n) is 13.3. The zero-order chi connectivity index (χ0) is 28.1. The summed E-state index contributed by atoms with van der Waals surface area (Å²) >= 11 is 0. The van der Waals surface area contributed by atoms with Gasteiger partial charge in [-0.2, -0.15) is 4.98 Å². The molecule has 0 atom stereocenters. The van der Waals surface area contributed by atoms with E-state index in [0.29, 0.717) is 23.5 Å². The third kappa shape index (κ3) is 5.52. The Hall–Kier alpha value is -3.40. The molecule has 1 aromatic carbocycles. The molecule has 3 aliphatic carbocycles. The number of ether oxygens (including phenoxy) is 1. The number of pyridine rings is 1. The number of benzene rings is 1. The number of aromatic nitrogens is 3. The Kier molecular flexibility index (Phi) is 6.73. The molecule has 0 unspecified atom stereocenters. The number of hydrogen-bond acceptors (Lipinski definition) is 7. The van der Waals surface area contributed by atoms with Gasteiger partial charge in [0.2, 0.25) is 5.88 Å². The zero-order valence-corrected chi connectivity index (χ0v) is 22.7. The van der Waals surface area contributed by atoms with Gasteiger partial charge >= 0.3 is 6.09 Å². The van der Waals surface area contributed by atoms with Crippen molar-refractivity contribution in [3.8, 4) is 17.0 Å². The Morgan fingerprint density at radius 1 is 1.10 bits per heavy atom.